The Kier molecular flexibility index (Phi) is 6.84. The number of nitrogens with one attached hydrogen (secondary N) is 1. The number of benzene rings is 1. The van der Waals surface area contributed by atoms with E-state index in [2.05, 4.69) is 11.4 Å². The lowest BCUT2D eigenvalue weighted by molar-refractivity contribution is 0.104. The number of ether oxygens (including phenoxy) is 2. The first kappa shape index (κ1) is 15.6. The van der Waals surface area contributed by atoms with E-state index in [-0.39, 0.29) is 0 Å². The second-order valence-corrected chi connectivity index (χ2v) is 4.70. The van der Waals surface area contributed by atoms with Crippen molar-refractivity contribution in [3.05, 3.63) is 54.0 Å². The van der Waals surface area contributed by atoms with Gasteiger partial charge < -0.3 is 19.2 Å². The van der Waals surface area contributed by atoms with Crippen LogP contribution in [0.1, 0.15) is 24.7 Å². The van der Waals surface area contributed by atoms with E-state index < -0.39 is 0 Å². The smallest absolute Gasteiger partial charge is 0.129 e. The van der Waals surface area contributed by atoms with Crippen LogP contribution in [0.2, 0.25) is 0 Å². The van der Waals surface area contributed by atoms with Gasteiger partial charge in [0.1, 0.15) is 18.1 Å². The van der Waals surface area contributed by atoms with Crippen molar-refractivity contribution >= 4 is 0 Å². The molecule has 4 heteroatoms. The average molecular weight is 289 g/mol. The van der Waals surface area contributed by atoms with Gasteiger partial charge in [-0.05, 0) is 38.1 Å². The molecular formula is C17H23NO3. The Morgan fingerprint density at radius 3 is 2.86 bits per heavy atom. The van der Waals surface area contributed by atoms with Gasteiger partial charge in [0.2, 0.25) is 0 Å². The van der Waals surface area contributed by atoms with Gasteiger partial charge in [-0.3, -0.25) is 0 Å². The average Bonchev–Trinajstić information content (AvgIpc) is 3.01. The van der Waals surface area contributed by atoms with Gasteiger partial charge in [0.15, 0.2) is 0 Å². The summed E-state index contributed by atoms with van der Waals surface area (Å²) in [6, 6.07) is 11.9. The van der Waals surface area contributed by atoms with Crippen LogP contribution in [0.3, 0.4) is 0 Å². The van der Waals surface area contributed by atoms with Gasteiger partial charge in [0.25, 0.3) is 0 Å². The SMILES string of the molecule is CCOc1ccccc1CNCCCOCc1ccco1. The van der Waals surface area contributed by atoms with Gasteiger partial charge in [0, 0.05) is 18.7 Å². The minimum atomic E-state index is 0.542. The van der Waals surface area contributed by atoms with Crippen molar-refractivity contribution in [2.45, 2.75) is 26.5 Å². The number of hydrogen-bond acceptors (Lipinski definition) is 4. The van der Waals surface area contributed by atoms with Crippen LogP contribution in [0.5, 0.6) is 5.75 Å². The molecule has 1 aromatic carbocycles. The highest BCUT2D eigenvalue weighted by Gasteiger charge is 2.01. The zero-order chi connectivity index (χ0) is 14.8. The Morgan fingerprint density at radius 2 is 2.05 bits per heavy atom. The normalized spacial score (nSPS) is 10.7. The molecule has 0 spiro atoms. The maximum atomic E-state index is 5.60. The van der Waals surface area contributed by atoms with Crippen LogP contribution >= 0.6 is 0 Å². The van der Waals surface area contributed by atoms with Gasteiger partial charge in [-0.1, -0.05) is 18.2 Å². The van der Waals surface area contributed by atoms with Crippen LogP contribution in [0.4, 0.5) is 0 Å². The molecule has 4 nitrogen and oxygen atoms in total. The summed E-state index contributed by atoms with van der Waals surface area (Å²) in [5.41, 5.74) is 1.19. The van der Waals surface area contributed by atoms with E-state index in [9.17, 15) is 0 Å². The highest BCUT2D eigenvalue weighted by molar-refractivity contribution is 5.33. The van der Waals surface area contributed by atoms with E-state index in [1.807, 2.05) is 37.3 Å². The largest absolute Gasteiger partial charge is 0.494 e. The quantitative estimate of drug-likeness (QED) is 0.681. The highest BCUT2D eigenvalue weighted by atomic mass is 16.5. The number of hydrogen-bond donors (Lipinski definition) is 1. The summed E-state index contributed by atoms with van der Waals surface area (Å²) in [5.74, 6) is 1.83. The fraction of sp³-hybridized carbons (Fsp3) is 0.412. The minimum absolute atomic E-state index is 0.542. The van der Waals surface area contributed by atoms with Crippen molar-refractivity contribution in [2.24, 2.45) is 0 Å². The van der Waals surface area contributed by atoms with Crippen molar-refractivity contribution in [3.8, 4) is 5.75 Å². The molecule has 0 saturated carbocycles. The van der Waals surface area contributed by atoms with Crippen molar-refractivity contribution in [2.75, 3.05) is 19.8 Å². The second-order valence-electron chi connectivity index (χ2n) is 4.70. The molecular weight excluding hydrogens is 266 g/mol. The topological polar surface area (TPSA) is 43.6 Å². The summed E-state index contributed by atoms with van der Waals surface area (Å²) in [4.78, 5) is 0. The van der Waals surface area contributed by atoms with Crippen LogP contribution in [0.25, 0.3) is 0 Å². The first-order valence-electron chi connectivity index (χ1n) is 7.41. The Bertz CT molecular complexity index is 496. The first-order chi connectivity index (χ1) is 10.4. The maximum Gasteiger partial charge on any atom is 0.129 e. The number of para-hydroxylation sites is 1. The molecule has 21 heavy (non-hydrogen) atoms. The van der Waals surface area contributed by atoms with Gasteiger partial charge in [-0.15, -0.1) is 0 Å². The van der Waals surface area contributed by atoms with Gasteiger partial charge in [-0.25, -0.2) is 0 Å². The summed E-state index contributed by atoms with van der Waals surface area (Å²) < 4.78 is 16.3. The number of rotatable bonds is 10. The van der Waals surface area contributed by atoms with Crippen LogP contribution < -0.4 is 10.1 Å². The second kappa shape index (κ2) is 9.21. The molecule has 1 aromatic heterocycles. The van der Waals surface area contributed by atoms with Gasteiger partial charge in [-0.2, -0.15) is 0 Å². The third-order valence-corrected chi connectivity index (χ3v) is 3.05. The Balaban J connectivity index is 1.57. The molecule has 0 radical (unpaired) electrons. The lowest BCUT2D eigenvalue weighted by Crippen LogP contribution is -2.17. The Labute approximate surface area is 126 Å². The molecule has 0 unspecified atom stereocenters. The van der Waals surface area contributed by atoms with E-state index in [1.165, 1.54) is 5.56 Å². The fourth-order valence-electron chi connectivity index (χ4n) is 2.04. The molecule has 0 amide bonds. The van der Waals surface area contributed by atoms with Crippen LogP contribution in [0, 0.1) is 0 Å². The van der Waals surface area contributed by atoms with Crippen molar-refractivity contribution < 1.29 is 13.9 Å². The Morgan fingerprint density at radius 1 is 1.14 bits per heavy atom. The first-order valence-corrected chi connectivity index (χ1v) is 7.41. The predicted octanol–water partition coefficient (Wildman–Crippen LogP) is 3.37. The summed E-state index contributed by atoms with van der Waals surface area (Å²) in [6.07, 6.45) is 2.63. The van der Waals surface area contributed by atoms with Crippen molar-refractivity contribution in [3.63, 3.8) is 0 Å². The lowest BCUT2D eigenvalue weighted by atomic mass is 10.2. The van der Waals surface area contributed by atoms with E-state index >= 15 is 0 Å². The molecule has 0 bridgehead atoms. The molecule has 0 aliphatic rings. The zero-order valence-corrected chi connectivity index (χ0v) is 12.5. The molecule has 0 fully saturated rings. The van der Waals surface area contributed by atoms with E-state index in [4.69, 9.17) is 13.9 Å². The minimum Gasteiger partial charge on any atom is -0.494 e. The molecule has 114 valence electrons. The molecule has 0 saturated heterocycles. The van der Waals surface area contributed by atoms with Crippen LogP contribution in [-0.2, 0) is 17.9 Å². The van der Waals surface area contributed by atoms with Gasteiger partial charge >= 0.3 is 0 Å². The Hall–Kier alpha value is -1.78. The fourth-order valence-corrected chi connectivity index (χ4v) is 2.04. The lowest BCUT2D eigenvalue weighted by Gasteiger charge is -2.10. The predicted molar refractivity (Wildman–Crippen MR) is 82.3 cm³/mol. The summed E-state index contributed by atoms with van der Waals surface area (Å²) in [7, 11) is 0. The zero-order valence-electron chi connectivity index (χ0n) is 12.5. The van der Waals surface area contributed by atoms with Crippen molar-refractivity contribution in [1.82, 2.24) is 5.32 Å². The van der Waals surface area contributed by atoms with Crippen molar-refractivity contribution in [1.29, 1.82) is 0 Å². The molecule has 2 rings (SSSR count). The molecule has 2 aromatic rings. The summed E-state index contributed by atoms with van der Waals surface area (Å²) in [5, 5.41) is 3.41. The molecule has 0 aliphatic carbocycles. The molecule has 1 heterocycles. The molecule has 0 aliphatic heterocycles. The standard InChI is InChI=1S/C17H23NO3/c1-2-20-17-9-4-3-7-15(17)13-18-10-6-11-19-14-16-8-5-12-21-16/h3-5,7-9,12,18H,2,6,10-11,13-14H2,1H3. The summed E-state index contributed by atoms with van der Waals surface area (Å²) in [6.45, 7) is 5.69. The molecule has 0 atom stereocenters. The van der Waals surface area contributed by atoms with E-state index in [1.54, 1.807) is 6.26 Å². The third kappa shape index (κ3) is 5.61. The third-order valence-electron chi connectivity index (χ3n) is 3.05. The van der Waals surface area contributed by atoms with E-state index in [0.717, 1.165) is 37.6 Å². The van der Waals surface area contributed by atoms with E-state index in [0.29, 0.717) is 13.2 Å². The monoisotopic (exact) mass is 289 g/mol. The summed E-state index contributed by atoms with van der Waals surface area (Å²) >= 11 is 0. The van der Waals surface area contributed by atoms with Crippen LogP contribution in [0.15, 0.2) is 47.1 Å². The molecule has 1 N–H and O–H groups in total. The van der Waals surface area contributed by atoms with Crippen LogP contribution in [-0.4, -0.2) is 19.8 Å². The number of furan rings is 1. The maximum absolute atomic E-state index is 5.60. The highest BCUT2D eigenvalue weighted by Crippen LogP contribution is 2.17. The van der Waals surface area contributed by atoms with Gasteiger partial charge in [0.05, 0.1) is 12.9 Å².